The molecule has 0 bridgehead atoms. The number of aromatic carboxylic acids is 1. The normalized spacial score (nSPS) is 7.67. The predicted octanol–water partition coefficient (Wildman–Crippen LogP) is 0.329. The zero-order valence-electron chi connectivity index (χ0n) is 7.11. The van der Waals surface area contributed by atoms with E-state index >= 15 is 0 Å². The largest absolute Gasteiger partial charge is 0.507 e. The van der Waals surface area contributed by atoms with E-state index in [-0.39, 0.29) is 114 Å². The van der Waals surface area contributed by atoms with Crippen molar-refractivity contribution in [3.8, 4) is 5.75 Å². The molecule has 1 aromatic rings. The maximum absolute atomic E-state index is 10.3. The summed E-state index contributed by atoms with van der Waals surface area (Å²) in [5.41, 5.74) is -0.0671. The second-order valence-corrected chi connectivity index (χ2v) is 1.82. The van der Waals surface area contributed by atoms with Gasteiger partial charge in [0.05, 0.1) is 0 Å². The molecular formula is C7H6K2O3. The fraction of sp³-hybridized carbons (Fsp3) is 0. The van der Waals surface area contributed by atoms with Crippen LogP contribution in [0, 0.1) is 0 Å². The van der Waals surface area contributed by atoms with Crippen LogP contribution >= 0.6 is 0 Å². The van der Waals surface area contributed by atoms with Crippen molar-refractivity contribution < 1.29 is 15.0 Å². The molecule has 0 unspecified atom stereocenters. The number of aromatic hydroxyl groups is 1. The molecule has 5 heteroatoms. The fourth-order valence-electron chi connectivity index (χ4n) is 0.654. The SMILES string of the molecule is O=C(O)c1ccccc1O.[K].[K]. The molecule has 0 atom stereocenters. The second-order valence-electron chi connectivity index (χ2n) is 1.82. The summed E-state index contributed by atoms with van der Waals surface area (Å²) in [6.45, 7) is 0. The number of carboxylic acids is 1. The van der Waals surface area contributed by atoms with Gasteiger partial charge >= 0.3 is 5.97 Å². The summed E-state index contributed by atoms with van der Waals surface area (Å²) >= 11 is 0. The van der Waals surface area contributed by atoms with Gasteiger partial charge in [-0.2, -0.15) is 0 Å². The van der Waals surface area contributed by atoms with Crippen molar-refractivity contribution in [3.63, 3.8) is 0 Å². The fourth-order valence-corrected chi connectivity index (χ4v) is 0.654. The van der Waals surface area contributed by atoms with E-state index in [1.165, 1.54) is 12.1 Å². The Balaban J connectivity index is 0. The minimum atomic E-state index is -1.11. The van der Waals surface area contributed by atoms with E-state index in [9.17, 15) is 4.79 Å². The van der Waals surface area contributed by atoms with E-state index in [1.807, 2.05) is 0 Å². The molecule has 0 aromatic heterocycles. The number of carboxylic acid groups (broad SMARTS) is 1. The van der Waals surface area contributed by atoms with Crippen molar-refractivity contribution in [3.05, 3.63) is 29.8 Å². The molecule has 0 fully saturated rings. The average Bonchev–Trinajstić information content (AvgIpc) is 1.88. The van der Waals surface area contributed by atoms with Gasteiger partial charge in [-0.1, -0.05) is 12.1 Å². The van der Waals surface area contributed by atoms with Crippen LogP contribution in [-0.2, 0) is 0 Å². The Hall–Kier alpha value is 1.76. The minimum absolute atomic E-state index is 0. The number of hydrogen-bond donors (Lipinski definition) is 2. The van der Waals surface area contributed by atoms with Crippen molar-refractivity contribution in [1.82, 2.24) is 0 Å². The van der Waals surface area contributed by atoms with Gasteiger partial charge in [-0.05, 0) is 12.1 Å². The number of para-hydroxylation sites is 1. The summed E-state index contributed by atoms with van der Waals surface area (Å²) in [4.78, 5) is 10.3. The van der Waals surface area contributed by atoms with Crippen molar-refractivity contribution in [1.29, 1.82) is 0 Å². The third-order valence-electron chi connectivity index (χ3n) is 1.13. The van der Waals surface area contributed by atoms with Crippen molar-refractivity contribution >= 4 is 109 Å². The van der Waals surface area contributed by atoms with Crippen LogP contribution in [0.15, 0.2) is 24.3 Å². The monoisotopic (exact) mass is 216 g/mol. The van der Waals surface area contributed by atoms with Crippen LogP contribution in [-0.4, -0.2) is 119 Å². The van der Waals surface area contributed by atoms with Gasteiger partial charge < -0.3 is 10.2 Å². The summed E-state index contributed by atoms with van der Waals surface area (Å²) in [5, 5.41) is 17.3. The molecule has 0 saturated carbocycles. The first-order chi connectivity index (χ1) is 4.72. The van der Waals surface area contributed by atoms with Crippen LogP contribution in [0.25, 0.3) is 0 Å². The molecule has 1 aromatic carbocycles. The molecule has 2 N–H and O–H groups in total. The first-order valence-corrected chi connectivity index (χ1v) is 2.73. The molecular weight excluding hydrogens is 210 g/mol. The van der Waals surface area contributed by atoms with Gasteiger partial charge in [0.2, 0.25) is 0 Å². The third kappa shape index (κ3) is 4.85. The second kappa shape index (κ2) is 8.10. The number of rotatable bonds is 1. The van der Waals surface area contributed by atoms with Crippen LogP contribution in [0.4, 0.5) is 0 Å². The molecule has 2 radical (unpaired) electrons. The zero-order valence-corrected chi connectivity index (χ0v) is 13.4. The van der Waals surface area contributed by atoms with E-state index in [2.05, 4.69) is 0 Å². The molecule has 0 aliphatic carbocycles. The maximum Gasteiger partial charge on any atom is 0.339 e. The molecule has 0 aliphatic rings. The van der Waals surface area contributed by atoms with Gasteiger partial charge in [0.15, 0.2) is 0 Å². The van der Waals surface area contributed by atoms with E-state index in [0.717, 1.165) is 0 Å². The Morgan fingerprint density at radius 3 is 2.00 bits per heavy atom. The van der Waals surface area contributed by atoms with Gasteiger partial charge in [-0.25, -0.2) is 4.79 Å². The molecule has 0 spiro atoms. The van der Waals surface area contributed by atoms with Crippen molar-refractivity contribution in [2.24, 2.45) is 0 Å². The van der Waals surface area contributed by atoms with E-state index < -0.39 is 5.97 Å². The Kier molecular flexibility index (Phi) is 10.9. The quantitative estimate of drug-likeness (QED) is 0.665. The molecule has 12 heavy (non-hydrogen) atoms. The van der Waals surface area contributed by atoms with Crippen LogP contribution in [0.2, 0.25) is 0 Å². The predicted molar refractivity (Wildman–Crippen MR) is 46.6 cm³/mol. The maximum atomic E-state index is 10.3. The Bertz CT molecular complexity index is 263. The van der Waals surface area contributed by atoms with Crippen LogP contribution in [0.5, 0.6) is 5.75 Å². The van der Waals surface area contributed by atoms with Gasteiger partial charge in [0, 0.05) is 103 Å². The molecule has 1 rings (SSSR count). The molecule has 0 heterocycles. The smallest absolute Gasteiger partial charge is 0.339 e. The van der Waals surface area contributed by atoms with Crippen LogP contribution < -0.4 is 0 Å². The molecule has 0 amide bonds. The van der Waals surface area contributed by atoms with Gasteiger partial charge in [0.25, 0.3) is 0 Å². The standard InChI is InChI=1S/C7H6O3.2K/c8-6-4-2-1-3-5(6)7(9)10;;/h1-4,8H,(H,9,10);;. The van der Waals surface area contributed by atoms with Crippen LogP contribution in [0.3, 0.4) is 0 Å². The summed E-state index contributed by atoms with van der Waals surface area (Å²) < 4.78 is 0. The van der Waals surface area contributed by atoms with Crippen molar-refractivity contribution in [2.75, 3.05) is 0 Å². The van der Waals surface area contributed by atoms with E-state index in [4.69, 9.17) is 10.2 Å². The Morgan fingerprint density at radius 1 is 1.17 bits per heavy atom. The summed E-state index contributed by atoms with van der Waals surface area (Å²) in [5.74, 6) is -1.31. The summed E-state index contributed by atoms with van der Waals surface area (Å²) in [6.07, 6.45) is 0. The minimum Gasteiger partial charge on any atom is -0.507 e. The van der Waals surface area contributed by atoms with Crippen LogP contribution in [0.1, 0.15) is 10.4 Å². The van der Waals surface area contributed by atoms with E-state index in [0.29, 0.717) is 0 Å². The molecule has 0 saturated heterocycles. The van der Waals surface area contributed by atoms with Gasteiger partial charge in [0.1, 0.15) is 11.3 Å². The topological polar surface area (TPSA) is 57.5 Å². The number of phenols is 1. The molecule has 3 nitrogen and oxygen atoms in total. The Morgan fingerprint density at radius 2 is 1.67 bits per heavy atom. The average molecular weight is 216 g/mol. The Labute approximate surface area is 155 Å². The molecule has 0 aliphatic heterocycles. The third-order valence-corrected chi connectivity index (χ3v) is 1.13. The van der Waals surface area contributed by atoms with Gasteiger partial charge in [-0.15, -0.1) is 0 Å². The molecule has 54 valence electrons. The van der Waals surface area contributed by atoms with Gasteiger partial charge in [-0.3, -0.25) is 0 Å². The van der Waals surface area contributed by atoms with E-state index in [1.54, 1.807) is 12.1 Å². The first kappa shape index (κ1) is 16.2. The summed E-state index contributed by atoms with van der Waals surface area (Å²) in [6, 6.07) is 5.81. The zero-order chi connectivity index (χ0) is 7.56. The summed E-state index contributed by atoms with van der Waals surface area (Å²) in [7, 11) is 0. The first-order valence-electron chi connectivity index (χ1n) is 2.73. The number of benzene rings is 1. The number of carbonyl (C=O) groups is 1. The number of hydrogen-bond acceptors (Lipinski definition) is 2. The van der Waals surface area contributed by atoms with Crippen molar-refractivity contribution in [2.45, 2.75) is 0 Å².